The minimum absolute atomic E-state index is 0.0117. The highest BCUT2D eigenvalue weighted by Crippen LogP contribution is 2.58. The highest BCUT2D eigenvalue weighted by Gasteiger charge is 2.52. The average Bonchev–Trinajstić information content (AvgIpc) is 2.89. The van der Waals surface area contributed by atoms with Gasteiger partial charge in [0.15, 0.2) is 0 Å². The number of rotatable bonds is 4. The molecule has 0 amide bonds. The monoisotopic (exact) mass is 275 g/mol. The number of likely N-dealkylation sites (N-methyl/N-ethyl adjacent to an activating group) is 1. The van der Waals surface area contributed by atoms with Crippen molar-refractivity contribution in [2.24, 2.45) is 17.8 Å². The Morgan fingerprint density at radius 2 is 1.90 bits per heavy atom. The lowest BCUT2D eigenvalue weighted by Crippen LogP contribution is -2.52. The number of hydrogen-bond donors (Lipinski definition) is 2. The number of hydrogen-bond acceptors (Lipinski definition) is 3. The summed E-state index contributed by atoms with van der Waals surface area (Å²) >= 11 is 0. The second kappa shape index (κ2) is 4.57. The van der Waals surface area contributed by atoms with Crippen molar-refractivity contribution >= 4 is 0 Å². The third-order valence-corrected chi connectivity index (χ3v) is 6.03. The smallest absolute Gasteiger partial charge is 0.0635 e. The molecular formula is C16H25N3O. The summed E-state index contributed by atoms with van der Waals surface area (Å²) in [6.07, 6.45) is 12.5. The van der Waals surface area contributed by atoms with E-state index in [-0.39, 0.29) is 12.6 Å². The number of nitrogens with zero attached hydrogens (tertiary/aromatic N) is 2. The summed E-state index contributed by atoms with van der Waals surface area (Å²) in [7, 11) is 1.89. The molecule has 4 bridgehead atoms. The van der Waals surface area contributed by atoms with Gasteiger partial charge in [0.25, 0.3) is 0 Å². The zero-order valence-corrected chi connectivity index (χ0v) is 12.3. The molecule has 4 saturated carbocycles. The van der Waals surface area contributed by atoms with Gasteiger partial charge in [0.1, 0.15) is 0 Å². The first-order chi connectivity index (χ1) is 9.72. The van der Waals surface area contributed by atoms with E-state index in [1.807, 2.05) is 13.2 Å². The van der Waals surface area contributed by atoms with Gasteiger partial charge in [-0.25, -0.2) is 0 Å². The molecule has 5 rings (SSSR count). The Hall–Kier alpha value is -0.870. The van der Waals surface area contributed by atoms with E-state index in [9.17, 15) is 5.11 Å². The standard InChI is InChI=1S/C16H25N3O/c1-17-15(10-20)14-8-18-19(9-14)16-5-11-2-12(6-16)4-13(3-11)7-16/h8-9,11-13,15,17,20H,2-7,10H2,1H3. The van der Waals surface area contributed by atoms with E-state index >= 15 is 0 Å². The first-order valence-electron chi connectivity index (χ1n) is 8.05. The quantitative estimate of drug-likeness (QED) is 0.884. The molecule has 4 heteroatoms. The lowest BCUT2D eigenvalue weighted by atomic mass is 9.53. The minimum atomic E-state index is 0.0117. The zero-order valence-electron chi connectivity index (χ0n) is 12.3. The van der Waals surface area contributed by atoms with E-state index in [1.165, 1.54) is 38.5 Å². The van der Waals surface area contributed by atoms with Crippen LogP contribution in [0, 0.1) is 17.8 Å². The fourth-order valence-corrected chi connectivity index (χ4v) is 5.48. The first-order valence-corrected chi connectivity index (χ1v) is 8.05. The van der Waals surface area contributed by atoms with Gasteiger partial charge in [-0.3, -0.25) is 4.68 Å². The third kappa shape index (κ3) is 1.85. The van der Waals surface area contributed by atoms with Crippen molar-refractivity contribution in [3.63, 3.8) is 0 Å². The van der Waals surface area contributed by atoms with Crippen LogP contribution < -0.4 is 5.32 Å². The van der Waals surface area contributed by atoms with Crippen molar-refractivity contribution in [2.45, 2.75) is 50.1 Å². The summed E-state index contributed by atoms with van der Waals surface area (Å²) in [5.74, 6) is 2.81. The van der Waals surface area contributed by atoms with E-state index in [4.69, 9.17) is 0 Å². The van der Waals surface area contributed by atoms with Gasteiger partial charge < -0.3 is 10.4 Å². The van der Waals surface area contributed by atoms with Crippen molar-refractivity contribution in [1.82, 2.24) is 15.1 Å². The second-order valence-corrected chi connectivity index (χ2v) is 7.38. The largest absolute Gasteiger partial charge is 0.394 e. The lowest BCUT2D eigenvalue weighted by molar-refractivity contribution is -0.0494. The Labute approximate surface area is 120 Å². The Balaban J connectivity index is 1.64. The Morgan fingerprint density at radius 1 is 1.30 bits per heavy atom. The van der Waals surface area contributed by atoms with Gasteiger partial charge in [-0.15, -0.1) is 0 Å². The maximum absolute atomic E-state index is 9.42. The summed E-state index contributed by atoms with van der Waals surface area (Å²) in [6.45, 7) is 0.128. The molecule has 0 aliphatic heterocycles. The minimum Gasteiger partial charge on any atom is -0.394 e. The molecule has 4 aliphatic carbocycles. The summed E-state index contributed by atoms with van der Waals surface area (Å²) < 4.78 is 2.26. The molecule has 1 aromatic rings. The molecule has 0 aromatic carbocycles. The van der Waals surface area contributed by atoms with E-state index in [1.54, 1.807) is 0 Å². The topological polar surface area (TPSA) is 50.1 Å². The van der Waals surface area contributed by atoms with Gasteiger partial charge in [0.05, 0.1) is 24.4 Å². The fraction of sp³-hybridized carbons (Fsp3) is 0.812. The molecule has 0 radical (unpaired) electrons. The molecule has 1 aromatic heterocycles. The molecule has 4 aliphatic rings. The van der Waals surface area contributed by atoms with Crippen molar-refractivity contribution in [1.29, 1.82) is 0 Å². The molecule has 4 nitrogen and oxygen atoms in total. The lowest BCUT2D eigenvalue weighted by Gasteiger charge is -2.56. The second-order valence-electron chi connectivity index (χ2n) is 7.38. The number of nitrogens with one attached hydrogen (secondary N) is 1. The Kier molecular flexibility index (Phi) is 2.93. The molecule has 1 heterocycles. The van der Waals surface area contributed by atoms with Gasteiger partial charge in [0, 0.05) is 11.8 Å². The van der Waals surface area contributed by atoms with Gasteiger partial charge in [-0.2, -0.15) is 5.10 Å². The Morgan fingerprint density at radius 3 is 2.40 bits per heavy atom. The maximum Gasteiger partial charge on any atom is 0.0635 e. The van der Waals surface area contributed by atoms with Crippen LogP contribution in [0.1, 0.15) is 50.1 Å². The highest BCUT2D eigenvalue weighted by atomic mass is 16.3. The number of aromatic nitrogens is 2. The summed E-state index contributed by atoms with van der Waals surface area (Å²) in [5, 5.41) is 17.3. The maximum atomic E-state index is 9.42. The highest BCUT2D eigenvalue weighted by molar-refractivity contribution is 5.14. The molecule has 4 fully saturated rings. The van der Waals surface area contributed by atoms with Gasteiger partial charge >= 0.3 is 0 Å². The Bertz CT molecular complexity index is 456. The van der Waals surface area contributed by atoms with Crippen molar-refractivity contribution < 1.29 is 5.11 Å². The van der Waals surface area contributed by atoms with Gasteiger partial charge in [-0.1, -0.05) is 0 Å². The molecule has 110 valence electrons. The summed E-state index contributed by atoms with van der Waals surface area (Å²) in [6, 6.07) is 0.0117. The molecule has 1 unspecified atom stereocenters. The van der Waals surface area contributed by atoms with E-state index in [0.29, 0.717) is 5.54 Å². The average molecular weight is 275 g/mol. The van der Waals surface area contributed by atoms with Crippen LogP contribution in [-0.4, -0.2) is 28.5 Å². The van der Waals surface area contributed by atoms with Crippen LogP contribution in [0.25, 0.3) is 0 Å². The number of aliphatic hydroxyl groups is 1. The molecular weight excluding hydrogens is 250 g/mol. The first kappa shape index (κ1) is 12.8. The third-order valence-electron chi connectivity index (χ3n) is 6.03. The van der Waals surface area contributed by atoms with Crippen LogP contribution in [0.3, 0.4) is 0 Å². The zero-order chi connectivity index (χ0) is 13.7. The molecule has 0 saturated heterocycles. The summed E-state index contributed by atoms with van der Waals surface area (Å²) in [5.41, 5.74) is 1.41. The number of aliphatic hydroxyl groups excluding tert-OH is 1. The van der Waals surface area contributed by atoms with Crippen molar-refractivity contribution in [3.05, 3.63) is 18.0 Å². The molecule has 1 atom stereocenters. The molecule has 20 heavy (non-hydrogen) atoms. The van der Waals surface area contributed by atoms with Crippen molar-refractivity contribution in [3.8, 4) is 0 Å². The van der Waals surface area contributed by atoms with Crippen LogP contribution in [0.4, 0.5) is 0 Å². The summed E-state index contributed by atoms with van der Waals surface area (Å²) in [4.78, 5) is 0. The van der Waals surface area contributed by atoms with E-state index < -0.39 is 0 Å². The van der Waals surface area contributed by atoms with Crippen LogP contribution in [0.2, 0.25) is 0 Å². The van der Waals surface area contributed by atoms with Crippen LogP contribution >= 0.6 is 0 Å². The normalized spacial score (nSPS) is 40.2. The van der Waals surface area contributed by atoms with Gasteiger partial charge in [-0.05, 0) is 63.3 Å². The van der Waals surface area contributed by atoms with Gasteiger partial charge in [0.2, 0.25) is 0 Å². The predicted octanol–water partition coefficient (Wildman–Crippen LogP) is 2.06. The van der Waals surface area contributed by atoms with Crippen molar-refractivity contribution in [2.75, 3.05) is 13.7 Å². The van der Waals surface area contributed by atoms with E-state index in [0.717, 1.165) is 23.3 Å². The predicted molar refractivity (Wildman–Crippen MR) is 77.3 cm³/mol. The van der Waals surface area contributed by atoms with Crippen LogP contribution in [0.5, 0.6) is 0 Å². The van der Waals surface area contributed by atoms with Crippen LogP contribution in [-0.2, 0) is 5.54 Å². The SMILES string of the molecule is CNC(CO)c1cnn(C23CC4CC(CC(C4)C2)C3)c1. The molecule has 0 spiro atoms. The fourth-order valence-electron chi connectivity index (χ4n) is 5.48. The molecule has 2 N–H and O–H groups in total. The van der Waals surface area contributed by atoms with Crippen LogP contribution in [0.15, 0.2) is 12.4 Å². The van der Waals surface area contributed by atoms with E-state index in [2.05, 4.69) is 21.3 Å².